The van der Waals surface area contributed by atoms with Crippen LogP contribution in [0.3, 0.4) is 0 Å². The highest BCUT2D eigenvalue weighted by Gasteiger charge is 2.30. The second-order valence-corrected chi connectivity index (χ2v) is 8.19. The third-order valence-electron chi connectivity index (χ3n) is 6.06. The molecule has 1 aromatic carbocycles. The van der Waals surface area contributed by atoms with Crippen molar-refractivity contribution in [3.05, 3.63) is 46.9 Å². The van der Waals surface area contributed by atoms with Crippen LogP contribution in [0.4, 0.5) is 16.3 Å². The van der Waals surface area contributed by atoms with Gasteiger partial charge in [-0.25, -0.2) is 14.8 Å². The van der Waals surface area contributed by atoms with Gasteiger partial charge in [0.05, 0.1) is 5.69 Å². The lowest BCUT2D eigenvalue weighted by Crippen LogP contribution is -2.33. The standard InChI is InChI=1S/C23H32N6O/c1-3-4-5-16-6-8-18(9-7-16)26-23(30)29-13-11-17(15-29)21-27-20-14-25-12-10-19(20)22(24-2)28-21/h6-9,17,25H,3-5,10-15H2,1-2H3,(H,26,30)(H,24,27,28). The Morgan fingerprint density at radius 2 is 2.10 bits per heavy atom. The number of nitrogens with zero attached hydrogens (tertiary/aromatic N) is 3. The number of benzene rings is 1. The van der Waals surface area contributed by atoms with Crippen LogP contribution in [0.2, 0.25) is 0 Å². The number of amides is 2. The van der Waals surface area contributed by atoms with E-state index in [1.54, 1.807) is 0 Å². The molecule has 7 nitrogen and oxygen atoms in total. The molecular weight excluding hydrogens is 376 g/mol. The quantitative estimate of drug-likeness (QED) is 0.681. The number of carbonyl (C=O) groups excluding carboxylic acids is 1. The fourth-order valence-corrected chi connectivity index (χ4v) is 4.26. The first-order chi connectivity index (χ1) is 14.7. The average Bonchev–Trinajstić information content (AvgIpc) is 3.28. The van der Waals surface area contributed by atoms with Gasteiger partial charge in [-0.2, -0.15) is 0 Å². The molecule has 3 N–H and O–H groups in total. The van der Waals surface area contributed by atoms with Crippen molar-refractivity contribution in [1.82, 2.24) is 20.2 Å². The van der Waals surface area contributed by atoms with Crippen LogP contribution in [0, 0.1) is 0 Å². The molecule has 1 atom stereocenters. The largest absolute Gasteiger partial charge is 0.373 e. The van der Waals surface area contributed by atoms with Crippen molar-refractivity contribution >= 4 is 17.5 Å². The van der Waals surface area contributed by atoms with Gasteiger partial charge < -0.3 is 20.9 Å². The maximum Gasteiger partial charge on any atom is 0.321 e. The summed E-state index contributed by atoms with van der Waals surface area (Å²) in [7, 11) is 1.91. The van der Waals surface area contributed by atoms with Crippen molar-refractivity contribution in [2.45, 2.75) is 51.5 Å². The maximum atomic E-state index is 12.8. The van der Waals surface area contributed by atoms with Crippen molar-refractivity contribution in [2.75, 3.05) is 37.3 Å². The Morgan fingerprint density at radius 3 is 2.87 bits per heavy atom. The van der Waals surface area contributed by atoms with E-state index in [0.29, 0.717) is 6.54 Å². The van der Waals surface area contributed by atoms with Crippen LogP contribution in [0.25, 0.3) is 0 Å². The number of carbonyl (C=O) groups is 1. The first-order valence-electron chi connectivity index (χ1n) is 11.1. The van der Waals surface area contributed by atoms with E-state index in [0.717, 1.165) is 61.9 Å². The van der Waals surface area contributed by atoms with Crippen molar-refractivity contribution in [1.29, 1.82) is 0 Å². The van der Waals surface area contributed by atoms with E-state index in [-0.39, 0.29) is 11.9 Å². The molecule has 0 saturated carbocycles. The minimum absolute atomic E-state index is 0.0488. The molecule has 0 spiro atoms. The molecule has 2 aromatic rings. The fourth-order valence-electron chi connectivity index (χ4n) is 4.26. The molecule has 1 fully saturated rings. The Hall–Kier alpha value is -2.67. The predicted molar refractivity (Wildman–Crippen MR) is 120 cm³/mol. The number of aromatic nitrogens is 2. The van der Waals surface area contributed by atoms with Gasteiger partial charge in [-0.05, 0) is 49.9 Å². The molecule has 0 bridgehead atoms. The molecule has 4 rings (SSSR count). The Bertz CT molecular complexity index is 865. The zero-order valence-corrected chi connectivity index (χ0v) is 18.0. The lowest BCUT2D eigenvalue weighted by Gasteiger charge is -2.21. The summed E-state index contributed by atoms with van der Waals surface area (Å²) in [4.78, 5) is 24.3. The van der Waals surface area contributed by atoms with E-state index in [1.807, 2.05) is 24.1 Å². The molecule has 0 aliphatic carbocycles. The molecular formula is C23H32N6O. The van der Waals surface area contributed by atoms with Gasteiger partial charge in [-0.15, -0.1) is 0 Å². The lowest BCUT2D eigenvalue weighted by atomic mass is 10.0. The molecule has 7 heteroatoms. The first kappa shape index (κ1) is 20.6. The zero-order valence-electron chi connectivity index (χ0n) is 18.0. The molecule has 30 heavy (non-hydrogen) atoms. The second kappa shape index (κ2) is 9.43. The number of anilines is 2. The molecule has 1 aromatic heterocycles. The molecule has 2 amide bonds. The van der Waals surface area contributed by atoms with E-state index in [9.17, 15) is 4.79 Å². The Balaban J connectivity index is 1.39. The number of hydrogen-bond donors (Lipinski definition) is 3. The van der Waals surface area contributed by atoms with Gasteiger partial charge in [0.25, 0.3) is 0 Å². The van der Waals surface area contributed by atoms with E-state index in [4.69, 9.17) is 9.97 Å². The van der Waals surface area contributed by atoms with E-state index < -0.39 is 0 Å². The zero-order chi connectivity index (χ0) is 20.9. The third kappa shape index (κ3) is 4.56. The molecule has 2 aliphatic heterocycles. The highest BCUT2D eigenvalue weighted by Crippen LogP contribution is 2.29. The van der Waals surface area contributed by atoms with E-state index in [2.05, 4.69) is 35.0 Å². The van der Waals surface area contributed by atoms with Crippen LogP contribution in [0.5, 0.6) is 0 Å². The highest BCUT2D eigenvalue weighted by atomic mass is 16.2. The fraction of sp³-hybridized carbons (Fsp3) is 0.522. The smallest absolute Gasteiger partial charge is 0.321 e. The predicted octanol–water partition coefficient (Wildman–Crippen LogP) is 3.53. The third-order valence-corrected chi connectivity index (χ3v) is 6.06. The van der Waals surface area contributed by atoms with Crippen LogP contribution >= 0.6 is 0 Å². The SMILES string of the molecule is CCCCc1ccc(NC(=O)N2CCC(c3nc4c(c(NC)n3)CCNC4)C2)cc1. The summed E-state index contributed by atoms with van der Waals surface area (Å²) >= 11 is 0. The van der Waals surface area contributed by atoms with Gasteiger partial charge in [0.15, 0.2) is 0 Å². The summed E-state index contributed by atoms with van der Waals surface area (Å²) in [5.41, 5.74) is 4.46. The monoisotopic (exact) mass is 408 g/mol. The van der Waals surface area contributed by atoms with Gasteiger partial charge in [0.2, 0.25) is 0 Å². The van der Waals surface area contributed by atoms with Gasteiger partial charge in [0, 0.05) is 43.9 Å². The lowest BCUT2D eigenvalue weighted by molar-refractivity contribution is 0.222. The van der Waals surface area contributed by atoms with Crippen LogP contribution in [-0.4, -0.2) is 47.6 Å². The van der Waals surface area contributed by atoms with Crippen LogP contribution < -0.4 is 16.0 Å². The Kier molecular flexibility index (Phi) is 6.47. The molecule has 2 aliphatic rings. The summed E-state index contributed by atoms with van der Waals surface area (Å²) < 4.78 is 0. The number of rotatable bonds is 6. The van der Waals surface area contributed by atoms with Crippen LogP contribution in [0.1, 0.15) is 54.7 Å². The highest BCUT2D eigenvalue weighted by molar-refractivity contribution is 5.89. The molecule has 1 unspecified atom stereocenters. The molecule has 0 radical (unpaired) electrons. The number of nitrogens with one attached hydrogen (secondary N) is 3. The van der Waals surface area contributed by atoms with Crippen molar-refractivity contribution in [2.24, 2.45) is 0 Å². The van der Waals surface area contributed by atoms with Crippen LogP contribution in [0.15, 0.2) is 24.3 Å². The van der Waals surface area contributed by atoms with Gasteiger partial charge in [0.1, 0.15) is 11.6 Å². The summed E-state index contributed by atoms with van der Waals surface area (Å²) in [5.74, 6) is 1.95. The van der Waals surface area contributed by atoms with Crippen molar-refractivity contribution < 1.29 is 4.79 Å². The summed E-state index contributed by atoms with van der Waals surface area (Å²) in [5, 5.41) is 9.65. The van der Waals surface area contributed by atoms with Crippen molar-refractivity contribution in [3.8, 4) is 0 Å². The first-order valence-corrected chi connectivity index (χ1v) is 11.1. The average molecular weight is 409 g/mol. The summed E-state index contributed by atoms with van der Waals surface area (Å²) in [6.45, 7) is 5.31. The topological polar surface area (TPSA) is 82.2 Å². The minimum Gasteiger partial charge on any atom is -0.373 e. The summed E-state index contributed by atoms with van der Waals surface area (Å²) in [6, 6.07) is 8.15. The van der Waals surface area contributed by atoms with E-state index >= 15 is 0 Å². The second-order valence-electron chi connectivity index (χ2n) is 8.19. The van der Waals surface area contributed by atoms with Crippen LogP contribution in [-0.2, 0) is 19.4 Å². The molecule has 3 heterocycles. The number of hydrogen-bond acceptors (Lipinski definition) is 5. The molecule has 160 valence electrons. The van der Waals surface area contributed by atoms with Gasteiger partial charge in [-0.3, -0.25) is 0 Å². The molecule has 1 saturated heterocycles. The van der Waals surface area contributed by atoms with Gasteiger partial charge >= 0.3 is 6.03 Å². The Labute approximate surface area is 178 Å². The number of aryl methyl sites for hydroxylation is 1. The number of fused-ring (bicyclic) bond motifs is 1. The van der Waals surface area contributed by atoms with E-state index in [1.165, 1.54) is 24.0 Å². The van der Waals surface area contributed by atoms with Gasteiger partial charge in [-0.1, -0.05) is 25.5 Å². The Morgan fingerprint density at radius 1 is 1.27 bits per heavy atom. The number of likely N-dealkylation sites (tertiary alicyclic amines) is 1. The normalized spacial score (nSPS) is 18.2. The summed E-state index contributed by atoms with van der Waals surface area (Å²) in [6.07, 6.45) is 5.30. The minimum atomic E-state index is -0.0488. The number of unbranched alkanes of at least 4 members (excludes halogenated alkanes) is 1. The number of urea groups is 1. The maximum absolute atomic E-state index is 12.8. The van der Waals surface area contributed by atoms with Crippen molar-refractivity contribution in [3.63, 3.8) is 0 Å².